The number of benzene rings is 3. The first-order chi connectivity index (χ1) is 18.1. The maximum Gasteiger partial charge on any atom is 0.261 e. The lowest BCUT2D eigenvalue weighted by molar-refractivity contribution is 0.102. The highest BCUT2D eigenvalue weighted by Crippen LogP contribution is 2.28. The van der Waals surface area contributed by atoms with Crippen molar-refractivity contribution in [2.75, 3.05) is 12.4 Å². The summed E-state index contributed by atoms with van der Waals surface area (Å²) in [5.74, 6) is 0.435. The van der Waals surface area contributed by atoms with Gasteiger partial charge in [0.1, 0.15) is 11.1 Å². The first kappa shape index (κ1) is 22.2. The molecule has 0 aliphatic carbocycles. The first-order valence-corrected chi connectivity index (χ1v) is 11.5. The Morgan fingerprint density at radius 2 is 1.76 bits per heavy atom. The van der Waals surface area contributed by atoms with Crippen LogP contribution in [0.1, 0.15) is 10.4 Å². The lowest BCUT2D eigenvalue weighted by Gasteiger charge is -2.14. The molecule has 2 N–H and O–H groups in total. The molecule has 9 heteroatoms. The molecule has 0 fully saturated rings. The molecule has 0 aliphatic heterocycles. The van der Waals surface area contributed by atoms with Crippen molar-refractivity contribution in [1.29, 1.82) is 0 Å². The van der Waals surface area contributed by atoms with Crippen LogP contribution < -0.4 is 15.6 Å². The SMILES string of the molecule is COc1ccc(-c2cc(C(=O)Nc3ccccc3-n3ncc4c(=O)[nH]cnc43)c3ccccc3n2)cc1. The third kappa shape index (κ3) is 3.98. The average molecular weight is 489 g/mol. The topological polar surface area (TPSA) is 115 Å². The minimum Gasteiger partial charge on any atom is -0.497 e. The Bertz CT molecular complexity index is 1840. The number of fused-ring (bicyclic) bond motifs is 2. The molecule has 0 bridgehead atoms. The van der Waals surface area contributed by atoms with E-state index < -0.39 is 0 Å². The van der Waals surface area contributed by atoms with Crippen molar-refractivity contribution in [1.82, 2.24) is 24.7 Å². The Morgan fingerprint density at radius 1 is 0.973 bits per heavy atom. The van der Waals surface area contributed by atoms with Crippen LogP contribution in [0.5, 0.6) is 5.75 Å². The van der Waals surface area contributed by atoms with E-state index in [0.29, 0.717) is 39.2 Å². The fourth-order valence-electron chi connectivity index (χ4n) is 4.26. The number of carbonyl (C=O) groups excluding carboxylic acids is 1. The summed E-state index contributed by atoms with van der Waals surface area (Å²) in [5, 5.41) is 8.45. The van der Waals surface area contributed by atoms with Crippen LogP contribution in [0.4, 0.5) is 5.69 Å². The second kappa shape index (κ2) is 9.04. The molecule has 3 aromatic heterocycles. The first-order valence-electron chi connectivity index (χ1n) is 11.5. The summed E-state index contributed by atoms with van der Waals surface area (Å²) in [4.78, 5) is 37.4. The van der Waals surface area contributed by atoms with Crippen LogP contribution in [-0.2, 0) is 0 Å². The van der Waals surface area contributed by atoms with Crippen molar-refractivity contribution >= 4 is 33.5 Å². The highest BCUT2D eigenvalue weighted by Gasteiger charge is 2.18. The number of H-pyrrole nitrogens is 1. The summed E-state index contributed by atoms with van der Waals surface area (Å²) in [6, 6.07) is 24.1. The number of hydrogen-bond acceptors (Lipinski definition) is 6. The van der Waals surface area contributed by atoms with Gasteiger partial charge in [0, 0.05) is 10.9 Å². The van der Waals surface area contributed by atoms with Crippen molar-refractivity contribution in [2.45, 2.75) is 0 Å². The maximum atomic E-state index is 13.7. The molecular formula is C28H20N6O3. The van der Waals surface area contributed by atoms with Gasteiger partial charge in [0.15, 0.2) is 5.65 Å². The van der Waals surface area contributed by atoms with Crippen molar-refractivity contribution < 1.29 is 9.53 Å². The minimum atomic E-state index is -0.303. The summed E-state index contributed by atoms with van der Waals surface area (Å²) in [6.07, 6.45) is 2.78. The minimum absolute atomic E-state index is 0.285. The Hall–Kier alpha value is -5.31. The van der Waals surface area contributed by atoms with Gasteiger partial charge in [-0.1, -0.05) is 30.3 Å². The van der Waals surface area contributed by atoms with Crippen LogP contribution in [0.15, 0.2) is 96.2 Å². The number of aromatic nitrogens is 5. The normalized spacial score (nSPS) is 11.1. The van der Waals surface area contributed by atoms with Gasteiger partial charge in [-0.25, -0.2) is 14.6 Å². The van der Waals surface area contributed by atoms with Crippen molar-refractivity contribution in [3.63, 3.8) is 0 Å². The van der Waals surface area contributed by atoms with E-state index in [9.17, 15) is 9.59 Å². The predicted molar refractivity (Wildman–Crippen MR) is 141 cm³/mol. The fraction of sp³-hybridized carbons (Fsp3) is 0.0357. The molecule has 180 valence electrons. The molecule has 1 amide bonds. The van der Waals surface area contributed by atoms with Crippen molar-refractivity contribution in [3.8, 4) is 22.7 Å². The lowest BCUT2D eigenvalue weighted by Crippen LogP contribution is -2.15. The molecule has 9 nitrogen and oxygen atoms in total. The molecule has 0 saturated heterocycles. The molecule has 0 aliphatic rings. The molecule has 0 atom stereocenters. The van der Waals surface area contributed by atoms with Crippen LogP contribution in [0, 0.1) is 0 Å². The Morgan fingerprint density at radius 3 is 2.59 bits per heavy atom. The van der Waals surface area contributed by atoms with Crippen LogP contribution in [-0.4, -0.2) is 37.7 Å². The fourth-order valence-corrected chi connectivity index (χ4v) is 4.26. The van der Waals surface area contributed by atoms with Gasteiger partial charge in [0.05, 0.1) is 47.8 Å². The monoisotopic (exact) mass is 488 g/mol. The number of pyridine rings is 1. The lowest BCUT2D eigenvalue weighted by atomic mass is 10.0. The van der Waals surface area contributed by atoms with Crippen LogP contribution in [0.3, 0.4) is 0 Å². The Balaban J connectivity index is 1.43. The molecule has 0 radical (unpaired) electrons. The molecule has 6 rings (SSSR count). The summed E-state index contributed by atoms with van der Waals surface area (Å²) < 4.78 is 6.80. The number of carbonyl (C=O) groups is 1. The Labute approximate surface area is 210 Å². The Kier molecular flexibility index (Phi) is 5.42. The standard InChI is InChI=1S/C28H20N6O3/c1-37-18-12-10-17(11-13-18)24-14-20(19-6-2-3-7-22(19)32-24)28(36)33-23-8-4-5-9-25(23)34-26-21(15-31-34)27(35)30-16-29-26/h2-16H,1H3,(H,33,36)(H,29,30,35). The number of methoxy groups -OCH3 is 1. The van der Waals surface area contributed by atoms with Gasteiger partial charge < -0.3 is 15.0 Å². The predicted octanol–water partition coefficient (Wildman–Crippen LogP) is 4.58. The van der Waals surface area contributed by atoms with Gasteiger partial charge in [0.25, 0.3) is 11.5 Å². The number of anilines is 1. The van der Waals surface area contributed by atoms with Crippen LogP contribution >= 0.6 is 0 Å². The summed E-state index contributed by atoms with van der Waals surface area (Å²) >= 11 is 0. The van der Waals surface area contributed by atoms with Crippen LogP contribution in [0.2, 0.25) is 0 Å². The van der Waals surface area contributed by atoms with E-state index in [1.807, 2.05) is 60.7 Å². The number of aromatic amines is 1. The van der Waals surface area contributed by atoms with E-state index in [-0.39, 0.29) is 11.5 Å². The molecule has 3 aromatic carbocycles. The molecule has 0 spiro atoms. The molecule has 3 heterocycles. The van der Waals surface area contributed by atoms with Gasteiger partial charge in [-0.3, -0.25) is 9.59 Å². The third-order valence-corrected chi connectivity index (χ3v) is 6.10. The van der Waals surface area contributed by atoms with E-state index in [4.69, 9.17) is 9.72 Å². The number of nitrogens with zero attached hydrogens (tertiary/aromatic N) is 4. The second-order valence-corrected chi connectivity index (χ2v) is 8.30. The van der Waals surface area contributed by atoms with Gasteiger partial charge in [-0.2, -0.15) is 5.10 Å². The average Bonchev–Trinajstić information content (AvgIpc) is 3.38. The van der Waals surface area contributed by atoms with E-state index >= 15 is 0 Å². The van der Waals surface area contributed by atoms with Gasteiger partial charge in [-0.05, 0) is 48.5 Å². The van der Waals surface area contributed by atoms with E-state index in [1.54, 1.807) is 25.3 Å². The highest BCUT2D eigenvalue weighted by molar-refractivity contribution is 6.13. The van der Waals surface area contributed by atoms with Gasteiger partial charge >= 0.3 is 0 Å². The number of amides is 1. The zero-order valence-corrected chi connectivity index (χ0v) is 19.7. The molecule has 37 heavy (non-hydrogen) atoms. The van der Waals surface area contributed by atoms with Gasteiger partial charge in [0.2, 0.25) is 0 Å². The van der Waals surface area contributed by atoms with E-state index in [0.717, 1.165) is 16.7 Å². The smallest absolute Gasteiger partial charge is 0.261 e. The summed E-state index contributed by atoms with van der Waals surface area (Å²) in [7, 11) is 1.61. The van der Waals surface area contributed by atoms with Gasteiger partial charge in [-0.15, -0.1) is 0 Å². The largest absolute Gasteiger partial charge is 0.497 e. The number of para-hydroxylation sites is 3. The van der Waals surface area contributed by atoms with E-state index in [2.05, 4.69) is 20.4 Å². The van der Waals surface area contributed by atoms with E-state index in [1.165, 1.54) is 17.2 Å². The number of nitrogens with one attached hydrogen (secondary N) is 2. The third-order valence-electron chi connectivity index (χ3n) is 6.10. The number of hydrogen-bond donors (Lipinski definition) is 2. The number of ether oxygens (including phenoxy) is 1. The zero-order chi connectivity index (χ0) is 25.4. The molecule has 0 unspecified atom stereocenters. The summed E-state index contributed by atoms with van der Waals surface area (Å²) in [5.41, 5.74) is 3.92. The van der Waals surface area contributed by atoms with Crippen molar-refractivity contribution in [3.05, 3.63) is 107 Å². The number of rotatable bonds is 5. The molecular weight excluding hydrogens is 468 g/mol. The zero-order valence-electron chi connectivity index (χ0n) is 19.7. The highest BCUT2D eigenvalue weighted by atomic mass is 16.5. The van der Waals surface area contributed by atoms with Crippen LogP contribution in [0.25, 0.3) is 38.9 Å². The molecule has 6 aromatic rings. The second-order valence-electron chi connectivity index (χ2n) is 8.30. The van der Waals surface area contributed by atoms with Crippen molar-refractivity contribution in [2.24, 2.45) is 0 Å². The maximum absolute atomic E-state index is 13.7. The summed E-state index contributed by atoms with van der Waals surface area (Å²) in [6.45, 7) is 0. The quantitative estimate of drug-likeness (QED) is 0.367. The molecule has 0 saturated carbocycles.